The van der Waals surface area contributed by atoms with Crippen molar-refractivity contribution < 1.29 is 47.6 Å². The average molecular weight is 739 g/mol. The van der Waals surface area contributed by atoms with E-state index in [1.807, 2.05) is 48.5 Å². The van der Waals surface area contributed by atoms with E-state index >= 15 is 0 Å². The van der Waals surface area contributed by atoms with Crippen LogP contribution >= 0.6 is 0 Å². The number of hydrogen-bond acceptors (Lipinski definition) is 10. The lowest BCUT2D eigenvalue weighted by atomic mass is 9.98. The van der Waals surface area contributed by atoms with Gasteiger partial charge in [-0.2, -0.15) is 0 Å². The molecule has 10 nitrogen and oxygen atoms in total. The van der Waals surface area contributed by atoms with Gasteiger partial charge in [0.1, 0.15) is 23.4 Å². The van der Waals surface area contributed by atoms with Crippen molar-refractivity contribution >= 4 is 30.0 Å². The number of esters is 4. The van der Waals surface area contributed by atoms with Crippen molar-refractivity contribution in [1.29, 1.82) is 0 Å². The van der Waals surface area contributed by atoms with Crippen LogP contribution < -0.4 is 14.2 Å². The van der Waals surface area contributed by atoms with Crippen LogP contribution in [0.15, 0.2) is 104 Å². The molecular weight excluding hydrogens is 688 g/mol. The molecule has 3 aromatic carbocycles. The second-order valence-corrected chi connectivity index (χ2v) is 12.9. The number of benzene rings is 3. The average Bonchev–Trinajstić information content (AvgIpc) is 3.19. The highest BCUT2D eigenvalue weighted by Gasteiger charge is 2.20. The van der Waals surface area contributed by atoms with Crippen LogP contribution in [0.3, 0.4) is 0 Å². The normalized spacial score (nSPS) is 12.7. The maximum Gasteiger partial charge on any atom is 0.336 e. The first-order valence-corrected chi connectivity index (χ1v) is 18.6. The summed E-state index contributed by atoms with van der Waals surface area (Å²) in [4.78, 5) is 47.7. The van der Waals surface area contributed by atoms with E-state index in [-0.39, 0.29) is 31.3 Å². The molecule has 4 rings (SSSR count). The molecule has 1 fully saturated rings. The van der Waals surface area contributed by atoms with E-state index in [0.29, 0.717) is 31.1 Å². The van der Waals surface area contributed by atoms with Gasteiger partial charge in [0.2, 0.25) is 0 Å². The van der Waals surface area contributed by atoms with Gasteiger partial charge in [0, 0.05) is 24.1 Å². The molecule has 1 aliphatic carbocycles. The van der Waals surface area contributed by atoms with Crippen molar-refractivity contribution in [2.75, 3.05) is 26.4 Å². The third-order valence-corrected chi connectivity index (χ3v) is 8.56. The Morgan fingerprint density at radius 2 is 1.19 bits per heavy atom. The minimum Gasteiger partial charge on any atom is -0.494 e. The zero-order chi connectivity index (χ0) is 38.4. The maximum absolute atomic E-state index is 12.4. The van der Waals surface area contributed by atoms with Gasteiger partial charge < -0.3 is 28.4 Å². The molecule has 0 bridgehead atoms. The zero-order valence-corrected chi connectivity index (χ0v) is 30.8. The Kier molecular flexibility index (Phi) is 17.6. The number of rotatable bonds is 22. The Balaban J connectivity index is 1.05. The van der Waals surface area contributed by atoms with Gasteiger partial charge in [-0.3, -0.25) is 4.79 Å². The van der Waals surface area contributed by atoms with Crippen LogP contribution in [0.2, 0.25) is 0 Å². The molecule has 1 saturated carbocycles. The first-order chi connectivity index (χ1) is 26.3. The predicted octanol–water partition coefficient (Wildman–Crippen LogP) is 8.78. The number of ether oxygens (including phenoxy) is 6. The number of hydrogen-bond donors (Lipinski definition) is 0. The molecule has 1 aliphatic rings. The molecule has 0 radical (unpaired) electrons. The molecule has 0 saturated heterocycles. The molecule has 286 valence electrons. The second kappa shape index (κ2) is 23.1. The number of unbranched alkanes of at least 4 members (excludes halogenated alkanes) is 3. The summed E-state index contributed by atoms with van der Waals surface area (Å²) >= 11 is 0. The van der Waals surface area contributed by atoms with E-state index < -0.39 is 23.9 Å². The topological polar surface area (TPSA) is 124 Å². The van der Waals surface area contributed by atoms with E-state index in [1.165, 1.54) is 12.5 Å². The molecule has 0 aromatic heterocycles. The van der Waals surface area contributed by atoms with Crippen molar-refractivity contribution in [3.8, 4) is 28.4 Å². The lowest BCUT2D eigenvalue weighted by Gasteiger charge is -2.21. The second-order valence-electron chi connectivity index (χ2n) is 12.9. The SMILES string of the molecule is C=CC(=O)OCCCOc1ccc(/C=C/C(=O)Oc2ccc(-c3ccc(OCCCCCCOC(=O)C(=C)CC(=O)OC4CCCCC4)cc3)cc2)cc1. The molecule has 0 atom stereocenters. The molecule has 0 amide bonds. The van der Waals surface area contributed by atoms with Gasteiger partial charge in [0.15, 0.2) is 0 Å². The minimum atomic E-state index is -0.544. The molecule has 3 aromatic rings. The van der Waals surface area contributed by atoms with Crippen molar-refractivity contribution in [3.63, 3.8) is 0 Å². The molecule has 54 heavy (non-hydrogen) atoms. The Labute approximate surface area is 317 Å². The van der Waals surface area contributed by atoms with Gasteiger partial charge in [-0.25, -0.2) is 14.4 Å². The van der Waals surface area contributed by atoms with E-state index in [4.69, 9.17) is 28.4 Å². The summed E-state index contributed by atoms with van der Waals surface area (Å²) < 4.78 is 32.6. The Morgan fingerprint density at radius 3 is 1.81 bits per heavy atom. The van der Waals surface area contributed by atoms with Gasteiger partial charge in [-0.05, 0) is 111 Å². The zero-order valence-electron chi connectivity index (χ0n) is 30.8. The van der Waals surface area contributed by atoms with Gasteiger partial charge in [0.25, 0.3) is 0 Å². The quantitative estimate of drug-likeness (QED) is 0.0325. The summed E-state index contributed by atoms with van der Waals surface area (Å²) in [5.41, 5.74) is 2.92. The van der Waals surface area contributed by atoms with E-state index in [9.17, 15) is 19.2 Å². The predicted molar refractivity (Wildman–Crippen MR) is 206 cm³/mol. The first kappa shape index (κ1) is 41.1. The summed E-state index contributed by atoms with van der Waals surface area (Å²) in [7, 11) is 0. The molecule has 0 spiro atoms. The van der Waals surface area contributed by atoms with Crippen molar-refractivity contribution in [3.05, 3.63) is 109 Å². The summed E-state index contributed by atoms with van der Waals surface area (Å²) in [5, 5.41) is 0. The fourth-order valence-corrected chi connectivity index (χ4v) is 5.60. The highest BCUT2D eigenvalue weighted by Crippen LogP contribution is 2.25. The van der Waals surface area contributed by atoms with E-state index in [1.54, 1.807) is 30.3 Å². The van der Waals surface area contributed by atoms with Crippen molar-refractivity contribution in [1.82, 2.24) is 0 Å². The standard InChI is InChI=1S/C44H50O10/c1-3-41(45)51-31-11-30-50-37-21-14-34(15-22-37)16-27-42(46)53-40-25-19-36(20-26-40)35-17-23-38(24-18-35)49-28-9-4-5-10-29-52-44(48)33(2)32-43(47)54-39-12-7-6-8-13-39/h3,14-27,39H,1-2,4-13,28-32H2/b27-16+. The largest absolute Gasteiger partial charge is 0.494 e. The Bertz CT molecular complexity index is 1680. The van der Waals surface area contributed by atoms with Crippen LogP contribution in [0.1, 0.15) is 76.2 Å². The van der Waals surface area contributed by atoms with Gasteiger partial charge in [-0.15, -0.1) is 0 Å². The van der Waals surface area contributed by atoms with Crippen LogP contribution in [0.4, 0.5) is 0 Å². The Hall–Kier alpha value is -5.64. The molecule has 10 heteroatoms. The van der Waals surface area contributed by atoms with E-state index in [0.717, 1.165) is 79.9 Å². The maximum atomic E-state index is 12.4. The molecule has 0 aliphatic heterocycles. The number of carbonyl (C=O) groups excluding carboxylic acids is 4. The highest BCUT2D eigenvalue weighted by atomic mass is 16.6. The van der Waals surface area contributed by atoms with E-state index in [2.05, 4.69) is 13.2 Å². The van der Waals surface area contributed by atoms with Crippen LogP contribution in [-0.4, -0.2) is 56.4 Å². The summed E-state index contributed by atoms with van der Waals surface area (Å²) in [6, 6.07) is 22.3. The first-order valence-electron chi connectivity index (χ1n) is 18.6. The third kappa shape index (κ3) is 15.5. The summed E-state index contributed by atoms with van der Waals surface area (Å²) in [6.07, 6.45) is 13.0. The summed E-state index contributed by atoms with van der Waals surface area (Å²) in [6.45, 7) is 8.57. The lowest BCUT2D eigenvalue weighted by Crippen LogP contribution is -2.22. The van der Waals surface area contributed by atoms with Crippen LogP contribution in [-0.2, 0) is 33.4 Å². The number of carbonyl (C=O) groups is 4. The fraction of sp³-hybridized carbons (Fsp3) is 0.364. The van der Waals surface area contributed by atoms with Gasteiger partial charge >= 0.3 is 23.9 Å². The summed E-state index contributed by atoms with van der Waals surface area (Å²) in [5.74, 6) is -0.0218. The van der Waals surface area contributed by atoms with Crippen molar-refractivity contribution in [2.45, 2.75) is 76.7 Å². The van der Waals surface area contributed by atoms with Crippen LogP contribution in [0.5, 0.6) is 17.2 Å². The van der Waals surface area contributed by atoms with Gasteiger partial charge in [0.05, 0.1) is 32.8 Å². The fourth-order valence-electron chi connectivity index (χ4n) is 5.60. The minimum absolute atomic E-state index is 0.0411. The molecule has 0 heterocycles. The Morgan fingerprint density at radius 1 is 0.630 bits per heavy atom. The van der Waals surface area contributed by atoms with Crippen LogP contribution in [0.25, 0.3) is 17.2 Å². The molecule has 0 unspecified atom stereocenters. The monoisotopic (exact) mass is 738 g/mol. The smallest absolute Gasteiger partial charge is 0.336 e. The van der Waals surface area contributed by atoms with Gasteiger partial charge in [-0.1, -0.05) is 56.0 Å². The third-order valence-electron chi connectivity index (χ3n) is 8.56. The highest BCUT2D eigenvalue weighted by molar-refractivity contribution is 5.93. The molecule has 0 N–H and O–H groups in total. The van der Waals surface area contributed by atoms with Crippen LogP contribution in [0, 0.1) is 0 Å². The molecular formula is C44H50O10. The van der Waals surface area contributed by atoms with Crippen molar-refractivity contribution in [2.24, 2.45) is 0 Å². The lowest BCUT2D eigenvalue weighted by molar-refractivity contribution is -0.151.